The van der Waals surface area contributed by atoms with Gasteiger partial charge >= 0.3 is 0 Å². The van der Waals surface area contributed by atoms with Gasteiger partial charge in [-0.1, -0.05) is 55.5 Å². The van der Waals surface area contributed by atoms with Gasteiger partial charge in [0.05, 0.1) is 11.9 Å². The Kier molecular flexibility index (Phi) is 7.46. The molecule has 6 nitrogen and oxygen atoms in total. The fraction of sp³-hybridized carbons (Fsp3) is 0.161. The lowest BCUT2D eigenvalue weighted by molar-refractivity contribution is -0.131. The number of nitrogens with one attached hydrogen (secondary N) is 1. The van der Waals surface area contributed by atoms with Gasteiger partial charge in [-0.05, 0) is 65.6 Å². The minimum absolute atomic E-state index is 0.0884. The molecule has 1 amide bonds. The molecule has 0 atom stereocenters. The molecule has 2 heterocycles. The zero-order valence-corrected chi connectivity index (χ0v) is 20.8. The standard InChI is InChI=1S/C31H29N5O/c1-2-17-36(30(37)20-27-13-6-7-16-32-27)21-23-9-8-10-24(18-23)25-14-15-29-28(19-25)31(34-22-33-29)35-26-11-4-3-5-12-26/h3-16,18-19,22H,2,17,20-21H2,1H3,(H,33,34,35). The molecule has 37 heavy (non-hydrogen) atoms. The SMILES string of the molecule is CCCN(Cc1cccc(-c2ccc3ncnc(Nc4ccccc4)c3c2)c1)C(=O)Cc1ccccn1. The number of hydrogen-bond acceptors (Lipinski definition) is 5. The third kappa shape index (κ3) is 5.98. The van der Waals surface area contributed by atoms with Crippen LogP contribution in [0, 0.1) is 0 Å². The summed E-state index contributed by atoms with van der Waals surface area (Å²) in [7, 11) is 0. The number of carbonyl (C=O) groups excluding carboxylic acids is 1. The molecule has 0 saturated carbocycles. The molecule has 0 aliphatic carbocycles. The van der Waals surface area contributed by atoms with Crippen molar-refractivity contribution >= 4 is 28.3 Å². The zero-order chi connectivity index (χ0) is 25.5. The topological polar surface area (TPSA) is 71.0 Å². The van der Waals surface area contributed by atoms with Gasteiger partial charge in [0, 0.05) is 36.1 Å². The Morgan fingerprint density at radius 3 is 2.49 bits per heavy atom. The smallest absolute Gasteiger partial charge is 0.228 e. The molecule has 2 aromatic heterocycles. The second-order valence-electron chi connectivity index (χ2n) is 8.96. The number of hydrogen-bond donors (Lipinski definition) is 1. The summed E-state index contributed by atoms with van der Waals surface area (Å²) in [6.45, 7) is 3.36. The van der Waals surface area contributed by atoms with E-state index >= 15 is 0 Å². The molecular weight excluding hydrogens is 458 g/mol. The maximum Gasteiger partial charge on any atom is 0.228 e. The van der Waals surface area contributed by atoms with Crippen LogP contribution < -0.4 is 5.32 Å². The highest BCUT2D eigenvalue weighted by Gasteiger charge is 2.15. The minimum Gasteiger partial charge on any atom is -0.340 e. The van der Waals surface area contributed by atoms with Crippen molar-refractivity contribution in [1.82, 2.24) is 19.9 Å². The molecule has 0 spiro atoms. The van der Waals surface area contributed by atoms with E-state index in [0.717, 1.165) is 51.2 Å². The van der Waals surface area contributed by atoms with Crippen LogP contribution in [0.2, 0.25) is 0 Å². The first kappa shape index (κ1) is 24.1. The van der Waals surface area contributed by atoms with Crippen LogP contribution in [-0.2, 0) is 17.8 Å². The highest BCUT2D eigenvalue weighted by molar-refractivity contribution is 5.93. The lowest BCUT2D eigenvalue weighted by Gasteiger charge is -2.22. The van der Waals surface area contributed by atoms with Gasteiger partial charge in [-0.3, -0.25) is 9.78 Å². The van der Waals surface area contributed by atoms with Gasteiger partial charge in [-0.15, -0.1) is 0 Å². The molecule has 184 valence electrons. The normalized spacial score (nSPS) is 10.8. The number of benzene rings is 3. The summed E-state index contributed by atoms with van der Waals surface area (Å²) in [6.07, 6.45) is 4.52. The number of anilines is 2. The number of carbonyl (C=O) groups is 1. The van der Waals surface area contributed by atoms with Gasteiger partial charge in [-0.2, -0.15) is 0 Å². The van der Waals surface area contributed by atoms with Crippen molar-refractivity contribution in [3.63, 3.8) is 0 Å². The van der Waals surface area contributed by atoms with Crippen molar-refractivity contribution < 1.29 is 4.79 Å². The number of aromatic nitrogens is 3. The van der Waals surface area contributed by atoms with Gasteiger partial charge in [0.25, 0.3) is 0 Å². The van der Waals surface area contributed by atoms with Gasteiger partial charge < -0.3 is 10.2 Å². The largest absolute Gasteiger partial charge is 0.340 e. The first-order valence-electron chi connectivity index (χ1n) is 12.5. The van der Waals surface area contributed by atoms with E-state index in [-0.39, 0.29) is 5.91 Å². The monoisotopic (exact) mass is 487 g/mol. The molecule has 0 saturated heterocycles. The van der Waals surface area contributed by atoms with Crippen LogP contribution in [0.15, 0.2) is 104 Å². The Bertz CT molecular complexity index is 1490. The summed E-state index contributed by atoms with van der Waals surface area (Å²) in [5, 5.41) is 4.36. The van der Waals surface area contributed by atoms with E-state index in [1.165, 1.54) is 0 Å². The van der Waals surface area contributed by atoms with Crippen molar-refractivity contribution in [2.75, 3.05) is 11.9 Å². The maximum absolute atomic E-state index is 13.1. The number of para-hydroxylation sites is 1. The molecular formula is C31H29N5O. The van der Waals surface area contributed by atoms with Crippen LogP contribution in [0.25, 0.3) is 22.0 Å². The van der Waals surface area contributed by atoms with Crippen LogP contribution in [0.1, 0.15) is 24.6 Å². The van der Waals surface area contributed by atoms with Gasteiger partial charge in [-0.25, -0.2) is 9.97 Å². The third-order valence-corrected chi connectivity index (χ3v) is 6.21. The summed E-state index contributed by atoms with van der Waals surface area (Å²) >= 11 is 0. The van der Waals surface area contributed by atoms with Crippen molar-refractivity contribution in [2.45, 2.75) is 26.3 Å². The highest BCUT2D eigenvalue weighted by atomic mass is 16.2. The molecule has 5 rings (SSSR count). The maximum atomic E-state index is 13.1. The molecule has 0 radical (unpaired) electrons. The fourth-order valence-corrected chi connectivity index (χ4v) is 4.39. The molecule has 0 fully saturated rings. The number of nitrogens with zero attached hydrogens (tertiary/aromatic N) is 4. The molecule has 1 N–H and O–H groups in total. The molecule has 5 aromatic rings. The Hall–Kier alpha value is -4.58. The first-order chi connectivity index (χ1) is 18.2. The van der Waals surface area contributed by atoms with Crippen LogP contribution in [0.3, 0.4) is 0 Å². The zero-order valence-electron chi connectivity index (χ0n) is 20.8. The summed E-state index contributed by atoms with van der Waals surface area (Å²) in [4.78, 5) is 28.2. The minimum atomic E-state index is 0.0884. The predicted molar refractivity (Wildman–Crippen MR) is 148 cm³/mol. The van der Waals surface area contributed by atoms with Crippen LogP contribution in [0.5, 0.6) is 0 Å². The molecule has 6 heteroatoms. The number of fused-ring (bicyclic) bond motifs is 1. The second-order valence-corrected chi connectivity index (χ2v) is 8.96. The van der Waals surface area contributed by atoms with Crippen LogP contribution in [0.4, 0.5) is 11.5 Å². The van der Waals surface area contributed by atoms with E-state index in [4.69, 9.17) is 0 Å². The number of pyridine rings is 1. The van der Waals surface area contributed by atoms with Crippen molar-refractivity contribution in [1.29, 1.82) is 0 Å². The van der Waals surface area contributed by atoms with Crippen molar-refractivity contribution in [2.24, 2.45) is 0 Å². The van der Waals surface area contributed by atoms with E-state index < -0.39 is 0 Å². The lowest BCUT2D eigenvalue weighted by atomic mass is 10.0. The summed E-state index contributed by atoms with van der Waals surface area (Å²) < 4.78 is 0. The molecule has 0 bridgehead atoms. The van der Waals surface area contributed by atoms with Crippen molar-refractivity contribution in [3.8, 4) is 11.1 Å². The summed E-state index contributed by atoms with van der Waals surface area (Å²) in [5.41, 5.74) is 5.89. The molecule has 3 aromatic carbocycles. The second kappa shape index (κ2) is 11.4. The van der Waals surface area contributed by atoms with Crippen LogP contribution in [-0.4, -0.2) is 32.3 Å². The van der Waals surface area contributed by atoms with E-state index in [1.807, 2.05) is 65.6 Å². The van der Waals surface area contributed by atoms with Gasteiger partial charge in [0.1, 0.15) is 12.1 Å². The molecule has 0 aliphatic rings. The van der Waals surface area contributed by atoms with Crippen LogP contribution >= 0.6 is 0 Å². The van der Waals surface area contributed by atoms with E-state index in [1.54, 1.807) is 12.5 Å². The fourth-order valence-electron chi connectivity index (χ4n) is 4.39. The molecule has 0 aliphatic heterocycles. The van der Waals surface area contributed by atoms with Crippen molar-refractivity contribution in [3.05, 3.63) is 115 Å². The quantitative estimate of drug-likeness (QED) is 0.260. The first-order valence-corrected chi connectivity index (χ1v) is 12.5. The Balaban J connectivity index is 1.39. The summed E-state index contributed by atoms with van der Waals surface area (Å²) in [6, 6.07) is 30.3. The highest BCUT2D eigenvalue weighted by Crippen LogP contribution is 2.29. The van der Waals surface area contributed by atoms with E-state index in [9.17, 15) is 4.79 Å². The lowest BCUT2D eigenvalue weighted by Crippen LogP contribution is -2.32. The van der Waals surface area contributed by atoms with Gasteiger partial charge in [0.15, 0.2) is 0 Å². The number of rotatable bonds is 9. The number of amides is 1. The van der Waals surface area contributed by atoms with E-state index in [2.05, 4.69) is 57.5 Å². The van der Waals surface area contributed by atoms with Gasteiger partial charge in [0.2, 0.25) is 5.91 Å². The molecule has 0 unspecified atom stereocenters. The third-order valence-electron chi connectivity index (χ3n) is 6.21. The average Bonchev–Trinajstić information content (AvgIpc) is 2.94. The summed E-state index contributed by atoms with van der Waals surface area (Å²) in [5.74, 6) is 0.855. The Morgan fingerprint density at radius 2 is 1.68 bits per heavy atom. The predicted octanol–water partition coefficient (Wildman–Crippen LogP) is 6.42. The average molecular weight is 488 g/mol. The Labute approximate surface area is 217 Å². The van der Waals surface area contributed by atoms with E-state index in [0.29, 0.717) is 19.5 Å². The Morgan fingerprint density at radius 1 is 0.838 bits per heavy atom.